The summed E-state index contributed by atoms with van der Waals surface area (Å²) in [7, 11) is 1.68. The first kappa shape index (κ1) is 13.6. The highest BCUT2D eigenvalue weighted by atomic mass is 16.5. The molecule has 1 atom stereocenters. The third-order valence-electron chi connectivity index (χ3n) is 3.97. The lowest BCUT2D eigenvalue weighted by molar-refractivity contribution is 0.398. The van der Waals surface area contributed by atoms with Crippen molar-refractivity contribution in [2.24, 2.45) is 0 Å². The van der Waals surface area contributed by atoms with E-state index in [4.69, 9.17) is 9.15 Å². The van der Waals surface area contributed by atoms with Gasteiger partial charge in [0.05, 0.1) is 13.4 Å². The molecule has 0 aliphatic rings. The Bertz CT molecular complexity index is 892. The third kappa shape index (κ3) is 2.38. The zero-order valence-corrected chi connectivity index (χ0v) is 12.7. The molecule has 0 bridgehead atoms. The quantitative estimate of drug-likeness (QED) is 0.565. The number of methoxy groups -OCH3 is 1. The normalized spacial score (nSPS) is 12.4. The van der Waals surface area contributed by atoms with Gasteiger partial charge < -0.3 is 13.7 Å². The van der Waals surface area contributed by atoms with Crippen LogP contribution < -0.4 is 4.74 Å². The van der Waals surface area contributed by atoms with E-state index in [1.807, 2.05) is 47.2 Å². The number of fused-ring (bicyclic) bond motifs is 1. The highest BCUT2D eigenvalue weighted by molar-refractivity contribution is 5.78. The van der Waals surface area contributed by atoms with Crippen LogP contribution in [0.15, 0.2) is 77.7 Å². The van der Waals surface area contributed by atoms with Crippen molar-refractivity contribution >= 4 is 11.0 Å². The molecule has 0 saturated carbocycles. The summed E-state index contributed by atoms with van der Waals surface area (Å²) in [4.78, 5) is 4.18. The van der Waals surface area contributed by atoms with Gasteiger partial charge in [-0.15, -0.1) is 0 Å². The molecule has 0 radical (unpaired) electrons. The van der Waals surface area contributed by atoms with Gasteiger partial charge in [0, 0.05) is 23.3 Å². The maximum atomic E-state index is 6.10. The van der Waals surface area contributed by atoms with Crippen molar-refractivity contribution in [3.8, 4) is 5.75 Å². The van der Waals surface area contributed by atoms with E-state index in [1.165, 1.54) is 0 Å². The fourth-order valence-corrected chi connectivity index (χ4v) is 2.91. The minimum absolute atomic E-state index is 0.124. The minimum Gasteiger partial charge on any atom is -0.496 e. The highest BCUT2D eigenvalue weighted by Gasteiger charge is 2.23. The molecule has 0 fully saturated rings. The molecule has 4 aromatic rings. The van der Waals surface area contributed by atoms with Crippen LogP contribution in [0.25, 0.3) is 11.0 Å². The molecule has 2 aromatic heterocycles. The van der Waals surface area contributed by atoms with Gasteiger partial charge in [0.15, 0.2) is 0 Å². The topological polar surface area (TPSA) is 40.2 Å². The Balaban J connectivity index is 1.92. The first-order chi connectivity index (χ1) is 11.4. The van der Waals surface area contributed by atoms with Crippen LogP contribution in [0, 0.1) is 0 Å². The van der Waals surface area contributed by atoms with Crippen molar-refractivity contribution in [1.82, 2.24) is 9.55 Å². The van der Waals surface area contributed by atoms with Crippen LogP contribution in [0.4, 0.5) is 0 Å². The highest BCUT2D eigenvalue weighted by Crippen LogP contribution is 2.35. The lowest BCUT2D eigenvalue weighted by Crippen LogP contribution is -2.11. The smallest absolute Gasteiger partial charge is 0.134 e. The van der Waals surface area contributed by atoms with Gasteiger partial charge in [-0.2, -0.15) is 0 Å². The van der Waals surface area contributed by atoms with E-state index in [0.717, 1.165) is 28.0 Å². The van der Waals surface area contributed by atoms with Gasteiger partial charge in [-0.1, -0.05) is 36.4 Å². The predicted molar refractivity (Wildman–Crippen MR) is 88.7 cm³/mol. The molecule has 4 heteroatoms. The second kappa shape index (κ2) is 5.65. The van der Waals surface area contributed by atoms with Crippen LogP contribution in [0.3, 0.4) is 0 Å². The number of para-hydroxylation sites is 2. The average Bonchev–Trinajstić information content (AvgIpc) is 3.25. The van der Waals surface area contributed by atoms with Crippen molar-refractivity contribution in [3.63, 3.8) is 0 Å². The SMILES string of the molecule is COc1ccccc1C(c1cc2ccccc2o1)n1ccnc1. The number of hydrogen-bond acceptors (Lipinski definition) is 3. The van der Waals surface area contributed by atoms with Crippen LogP contribution in [0.1, 0.15) is 17.4 Å². The van der Waals surface area contributed by atoms with Crippen molar-refractivity contribution < 1.29 is 9.15 Å². The van der Waals surface area contributed by atoms with Gasteiger partial charge in [0.25, 0.3) is 0 Å². The standard InChI is InChI=1S/C19H16N2O2/c1-22-17-9-5-3-7-15(17)19(21-11-10-20-13-21)18-12-14-6-2-4-8-16(14)23-18/h2-13,19H,1H3. The molecule has 0 aliphatic heterocycles. The van der Waals surface area contributed by atoms with Crippen molar-refractivity contribution in [2.75, 3.05) is 7.11 Å². The molecular weight excluding hydrogens is 288 g/mol. The van der Waals surface area contributed by atoms with E-state index < -0.39 is 0 Å². The molecule has 0 N–H and O–H groups in total. The summed E-state index contributed by atoms with van der Waals surface area (Å²) in [6, 6.07) is 18.0. The van der Waals surface area contributed by atoms with Crippen molar-refractivity contribution in [3.05, 3.63) is 84.6 Å². The van der Waals surface area contributed by atoms with Gasteiger partial charge >= 0.3 is 0 Å². The summed E-state index contributed by atoms with van der Waals surface area (Å²) >= 11 is 0. The molecule has 0 saturated heterocycles. The van der Waals surface area contributed by atoms with E-state index in [-0.39, 0.29) is 6.04 Å². The van der Waals surface area contributed by atoms with E-state index >= 15 is 0 Å². The molecule has 2 aromatic carbocycles. The number of hydrogen-bond donors (Lipinski definition) is 0. The van der Waals surface area contributed by atoms with Crippen molar-refractivity contribution in [1.29, 1.82) is 0 Å². The van der Waals surface area contributed by atoms with Crippen LogP contribution in [0.2, 0.25) is 0 Å². The largest absolute Gasteiger partial charge is 0.496 e. The number of ether oxygens (including phenoxy) is 1. The number of imidazole rings is 1. The summed E-state index contributed by atoms with van der Waals surface area (Å²) in [6.45, 7) is 0. The number of rotatable bonds is 4. The fraction of sp³-hybridized carbons (Fsp3) is 0.105. The van der Waals surface area contributed by atoms with E-state index in [0.29, 0.717) is 0 Å². The zero-order valence-electron chi connectivity index (χ0n) is 12.7. The lowest BCUT2D eigenvalue weighted by Gasteiger charge is -2.19. The maximum Gasteiger partial charge on any atom is 0.134 e. The summed E-state index contributed by atoms with van der Waals surface area (Å²) in [6.07, 6.45) is 5.50. The number of benzene rings is 2. The van der Waals surface area contributed by atoms with Gasteiger partial charge in [-0.05, 0) is 18.2 Å². The molecule has 2 heterocycles. The number of furan rings is 1. The number of aromatic nitrogens is 2. The first-order valence-electron chi connectivity index (χ1n) is 7.45. The molecule has 0 amide bonds. The molecule has 4 nitrogen and oxygen atoms in total. The Kier molecular flexibility index (Phi) is 3.35. The molecule has 0 aliphatic carbocycles. The second-order valence-corrected chi connectivity index (χ2v) is 5.34. The Morgan fingerprint density at radius 2 is 1.91 bits per heavy atom. The Morgan fingerprint density at radius 3 is 2.70 bits per heavy atom. The van der Waals surface area contributed by atoms with Crippen LogP contribution in [-0.4, -0.2) is 16.7 Å². The Hall–Kier alpha value is -3.01. The first-order valence-corrected chi connectivity index (χ1v) is 7.45. The Morgan fingerprint density at radius 1 is 1.09 bits per heavy atom. The Labute approximate surface area is 134 Å². The van der Waals surface area contributed by atoms with Crippen molar-refractivity contribution in [2.45, 2.75) is 6.04 Å². The maximum absolute atomic E-state index is 6.10. The van der Waals surface area contributed by atoms with E-state index in [1.54, 1.807) is 19.6 Å². The van der Waals surface area contributed by atoms with Crippen LogP contribution in [-0.2, 0) is 0 Å². The van der Waals surface area contributed by atoms with Gasteiger partial charge in [0.2, 0.25) is 0 Å². The van der Waals surface area contributed by atoms with Gasteiger partial charge in [-0.25, -0.2) is 4.98 Å². The fourth-order valence-electron chi connectivity index (χ4n) is 2.91. The molecule has 4 rings (SSSR count). The monoisotopic (exact) mass is 304 g/mol. The second-order valence-electron chi connectivity index (χ2n) is 5.34. The lowest BCUT2D eigenvalue weighted by atomic mass is 10.0. The van der Waals surface area contributed by atoms with Crippen LogP contribution in [0.5, 0.6) is 5.75 Å². The molecule has 1 unspecified atom stereocenters. The molecular formula is C19H16N2O2. The third-order valence-corrected chi connectivity index (χ3v) is 3.97. The summed E-state index contributed by atoms with van der Waals surface area (Å²) in [5.41, 5.74) is 1.91. The van der Waals surface area contributed by atoms with Gasteiger partial charge in [0.1, 0.15) is 23.1 Å². The zero-order chi connectivity index (χ0) is 15.6. The summed E-state index contributed by atoms with van der Waals surface area (Å²) < 4.78 is 13.7. The van der Waals surface area contributed by atoms with E-state index in [9.17, 15) is 0 Å². The van der Waals surface area contributed by atoms with Gasteiger partial charge in [-0.3, -0.25) is 0 Å². The number of nitrogens with zero attached hydrogens (tertiary/aromatic N) is 2. The minimum atomic E-state index is -0.124. The van der Waals surface area contributed by atoms with E-state index in [2.05, 4.69) is 23.2 Å². The summed E-state index contributed by atoms with van der Waals surface area (Å²) in [5.74, 6) is 1.68. The molecule has 23 heavy (non-hydrogen) atoms. The summed E-state index contributed by atoms with van der Waals surface area (Å²) in [5, 5.41) is 1.09. The predicted octanol–water partition coefficient (Wildman–Crippen LogP) is 4.28. The molecule has 114 valence electrons. The average molecular weight is 304 g/mol. The van der Waals surface area contributed by atoms with Crippen LogP contribution >= 0.6 is 0 Å². The molecule has 0 spiro atoms.